The van der Waals surface area contributed by atoms with Crippen LogP contribution in [0.4, 0.5) is 14.5 Å². The van der Waals surface area contributed by atoms with Crippen molar-refractivity contribution in [3.8, 4) is 11.5 Å². The van der Waals surface area contributed by atoms with Crippen LogP contribution < -0.4 is 14.8 Å². The highest BCUT2D eigenvalue weighted by Gasteiger charge is 2.41. The van der Waals surface area contributed by atoms with Crippen molar-refractivity contribution in [2.75, 3.05) is 44.9 Å². The van der Waals surface area contributed by atoms with Crippen LogP contribution in [0.3, 0.4) is 0 Å². The van der Waals surface area contributed by atoms with E-state index in [1.54, 1.807) is 0 Å². The molecule has 3 heterocycles. The lowest BCUT2D eigenvalue weighted by atomic mass is 9.84. The number of ether oxygens (including phenoxy) is 2. The Morgan fingerprint density at radius 3 is 2.61 bits per heavy atom. The van der Waals surface area contributed by atoms with E-state index in [0.29, 0.717) is 24.0 Å². The smallest absolute Gasteiger partial charge is 0.283 e. The van der Waals surface area contributed by atoms with Crippen molar-refractivity contribution in [3.05, 3.63) is 53.1 Å². The third-order valence-electron chi connectivity index (χ3n) is 7.68. The average Bonchev–Trinajstić information content (AvgIpc) is 3.51. The van der Waals surface area contributed by atoms with Gasteiger partial charge in [0.2, 0.25) is 6.79 Å². The molecule has 0 saturated carbocycles. The number of anilines is 1. The molecule has 196 valence electrons. The van der Waals surface area contributed by atoms with Crippen molar-refractivity contribution in [3.63, 3.8) is 0 Å². The fourth-order valence-electron chi connectivity index (χ4n) is 5.77. The topological polar surface area (TPSA) is 57.2 Å². The molecule has 36 heavy (non-hydrogen) atoms. The number of nitrogens with zero attached hydrogens (tertiary/aromatic N) is 2. The normalized spacial score (nSPS) is 24.2. The lowest BCUT2D eigenvalue weighted by Crippen LogP contribution is -2.49. The molecule has 3 atom stereocenters. The van der Waals surface area contributed by atoms with Gasteiger partial charge in [0.15, 0.2) is 11.5 Å². The number of nitrogens with one attached hydrogen (secondary N) is 1. The summed E-state index contributed by atoms with van der Waals surface area (Å²) in [4.78, 5) is 4.32. The van der Waals surface area contributed by atoms with E-state index in [1.807, 2.05) is 36.1 Å². The van der Waals surface area contributed by atoms with E-state index >= 15 is 0 Å². The molecule has 2 N–H and O–H groups in total. The highest BCUT2D eigenvalue weighted by molar-refractivity contribution is 5.54. The number of hydrogen-bond acceptors (Lipinski definition) is 6. The quantitative estimate of drug-likeness (QED) is 0.521. The molecule has 3 aliphatic heterocycles. The highest BCUT2D eigenvalue weighted by atomic mass is 19.3. The van der Waals surface area contributed by atoms with Gasteiger partial charge in [-0.2, -0.15) is 0 Å². The van der Waals surface area contributed by atoms with Crippen molar-refractivity contribution in [2.45, 2.75) is 63.6 Å². The minimum Gasteiger partial charge on any atom is -0.454 e. The zero-order chi connectivity index (χ0) is 25.3. The molecule has 0 aliphatic carbocycles. The third-order valence-corrected chi connectivity index (χ3v) is 7.68. The maximum atomic E-state index is 14.4. The SMILES string of the molecule is CCCCN1CC[C@H](Nc2ccc([C@@H]3c4cc5c(cc4C[C@@H](C)N3CC(F)(F)CO)OCO5)cc2)C1. The number of halogens is 2. The number of aliphatic hydroxyl groups excluding tert-OH is 1. The van der Waals surface area contributed by atoms with Gasteiger partial charge < -0.3 is 24.8 Å². The van der Waals surface area contributed by atoms with Gasteiger partial charge >= 0.3 is 0 Å². The number of unbranched alkanes of at least 4 members (excludes halogenated alkanes) is 1. The number of aliphatic hydroxyl groups is 1. The van der Waals surface area contributed by atoms with Gasteiger partial charge in [-0.05, 0) is 73.7 Å². The molecule has 1 fully saturated rings. The van der Waals surface area contributed by atoms with Gasteiger partial charge in [0.05, 0.1) is 12.6 Å². The van der Waals surface area contributed by atoms with Gasteiger partial charge in [-0.25, -0.2) is 8.78 Å². The van der Waals surface area contributed by atoms with Crippen LogP contribution in [0.2, 0.25) is 0 Å². The summed E-state index contributed by atoms with van der Waals surface area (Å²) in [6.07, 6.45) is 4.19. The van der Waals surface area contributed by atoms with Crippen LogP contribution in [-0.4, -0.2) is 72.5 Å². The Morgan fingerprint density at radius 1 is 1.14 bits per heavy atom. The Balaban J connectivity index is 1.40. The largest absolute Gasteiger partial charge is 0.454 e. The second kappa shape index (κ2) is 10.5. The second-order valence-corrected chi connectivity index (χ2v) is 10.5. The first kappa shape index (κ1) is 25.2. The van der Waals surface area contributed by atoms with Crippen LogP contribution in [0.15, 0.2) is 36.4 Å². The molecule has 0 spiro atoms. The Labute approximate surface area is 212 Å². The van der Waals surface area contributed by atoms with Gasteiger partial charge in [-0.15, -0.1) is 0 Å². The van der Waals surface area contributed by atoms with E-state index < -0.39 is 19.1 Å². The zero-order valence-corrected chi connectivity index (χ0v) is 21.2. The van der Waals surface area contributed by atoms with Crippen LogP contribution in [0.1, 0.15) is 55.8 Å². The predicted octanol–water partition coefficient (Wildman–Crippen LogP) is 4.67. The molecular weight excluding hydrogens is 464 g/mol. The first-order chi connectivity index (χ1) is 17.4. The number of benzene rings is 2. The summed E-state index contributed by atoms with van der Waals surface area (Å²) in [5.41, 5.74) is 4.02. The van der Waals surface area contributed by atoms with E-state index in [9.17, 15) is 13.9 Å². The van der Waals surface area contributed by atoms with E-state index in [0.717, 1.165) is 48.4 Å². The molecule has 6 nitrogen and oxygen atoms in total. The maximum absolute atomic E-state index is 14.4. The van der Waals surface area contributed by atoms with Crippen LogP contribution in [0.25, 0.3) is 0 Å². The van der Waals surface area contributed by atoms with Crippen molar-refractivity contribution < 1.29 is 23.4 Å². The molecule has 0 bridgehead atoms. The van der Waals surface area contributed by atoms with Crippen molar-refractivity contribution in [2.24, 2.45) is 0 Å². The predicted molar refractivity (Wildman–Crippen MR) is 136 cm³/mol. The molecule has 5 rings (SSSR count). The van der Waals surface area contributed by atoms with Gasteiger partial charge in [-0.1, -0.05) is 25.5 Å². The van der Waals surface area contributed by atoms with E-state index in [2.05, 4.69) is 29.3 Å². The zero-order valence-electron chi connectivity index (χ0n) is 21.2. The summed E-state index contributed by atoms with van der Waals surface area (Å²) >= 11 is 0. The molecule has 8 heteroatoms. The Morgan fingerprint density at radius 2 is 1.89 bits per heavy atom. The number of fused-ring (bicyclic) bond motifs is 2. The number of hydrogen-bond donors (Lipinski definition) is 2. The molecule has 0 aromatic heterocycles. The van der Waals surface area contributed by atoms with Crippen LogP contribution in [0.5, 0.6) is 11.5 Å². The average molecular weight is 502 g/mol. The van der Waals surface area contributed by atoms with Gasteiger partial charge in [0, 0.05) is 30.9 Å². The molecular formula is C28H37F2N3O3. The second-order valence-electron chi connectivity index (χ2n) is 10.5. The van der Waals surface area contributed by atoms with E-state index in [4.69, 9.17) is 9.47 Å². The van der Waals surface area contributed by atoms with E-state index in [-0.39, 0.29) is 18.9 Å². The van der Waals surface area contributed by atoms with Crippen LogP contribution >= 0.6 is 0 Å². The molecule has 2 aromatic rings. The minimum absolute atomic E-state index is 0.134. The number of alkyl halides is 2. The fraction of sp³-hybridized carbons (Fsp3) is 0.571. The first-order valence-corrected chi connectivity index (χ1v) is 13.1. The molecule has 2 aromatic carbocycles. The Hall–Kier alpha value is -2.42. The fourth-order valence-corrected chi connectivity index (χ4v) is 5.77. The lowest BCUT2D eigenvalue weighted by Gasteiger charge is -2.43. The number of rotatable bonds is 9. The summed E-state index contributed by atoms with van der Waals surface area (Å²) in [6.45, 7) is 5.99. The number of likely N-dealkylation sites (tertiary alicyclic amines) is 1. The lowest BCUT2D eigenvalue weighted by molar-refractivity contribution is -0.0862. The maximum Gasteiger partial charge on any atom is 0.283 e. The van der Waals surface area contributed by atoms with Crippen LogP contribution in [0, 0.1) is 0 Å². The molecule has 0 unspecified atom stereocenters. The molecule has 3 aliphatic rings. The monoisotopic (exact) mass is 501 g/mol. The standard InChI is InChI=1S/C28H37F2N3O3/c1-3-4-10-32-11-9-23(15-32)31-22-7-5-20(6-8-22)27-24-14-26-25(35-18-36-26)13-21(24)12-19(2)33(27)16-28(29,30)17-34/h5-8,13-14,19,23,27,31,34H,3-4,9-12,15-18H2,1-2H3/t19-,23+,27-/m1/s1. The summed E-state index contributed by atoms with van der Waals surface area (Å²) in [5.74, 6) is -1.83. The first-order valence-electron chi connectivity index (χ1n) is 13.1. The van der Waals surface area contributed by atoms with Crippen molar-refractivity contribution in [1.29, 1.82) is 0 Å². The summed E-state index contributed by atoms with van der Waals surface area (Å²) in [5, 5.41) is 13.0. The van der Waals surface area contributed by atoms with Gasteiger partial charge in [0.1, 0.15) is 6.61 Å². The summed E-state index contributed by atoms with van der Waals surface area (Å²) in [6, 6.07) is 12.0. The molecule has 0 amide bonds. The van der Waals surface area contributed by atoms with Crippen LogP contribution in [-0.2, 0) is 6.42 Å². The summed E-state index contributed by atoms with van der Waals surface area (Å²) < 4.78 is 40.1. The highest BCUT2D eigenvalue weighted by Crippen LogP contribution is 2.45. The van der Waals surface area contributed by atoms with Gasteiger partial charge in [-0.3, -0.25) is 4.90 Å². The Kier molecular flexibility index (Phi) is 7.37. The molecule has 1 saturated heterocycles. The third kappa shape index (κ3) is 5.31. The van der Waals surface area contributed by atoms with Crippen molar-refractivity contribution >= 4 is 5.69 Å². The molecule has 0 radical (unpaired) electrons. The van der Waals surface area contributed by atoms with Crippen molar-refractivity contribution in [1.82, 2.24) is 9.80 Å². The summed E-state index contributed by atoms with van der Waals surface area (Å²) in [7, 11) is 0. The Bertz CT molecular complexity index is 1050. The van der Waals surface area contributed by atoms with Gasteiger partial charge in [0.25, 0.3) is 5.92 Å². The minimum atomic E-state index is -3.19. The van der Waals surface area contributed by atoms with E-state index in [1.165, 1.54) is 12.8 Å².